The zero-order valence-corrected chi connectivity index (χ0v) is 14.0. The van der Waals surface area contributed by atoms with Gasteiger partial charge in [0.25, 0.3) is 0 Å². The molecule has 0 atom stereocenters. The predicted octanol–water partition coefficient (Wildman–Crippen LogP) is 3.04. The van der Waals surface area contributed by atoms with Crippen molar-refractivity contribution in [2.75, 3.05) is 17.6 Å². The predicted molar refractivity (Wildman–Crippen MR) is 96.7 cm³/mol. The highest BCUT2D eigenvalue weighted by Gasteiger charge is 2.08. The van der Waals surface area contributed by atoms with E-state index in [1.165, 1.54) is 11.1 Å². The lowest BCUT2D eigenvalue weighted by Gasteiger charge is -2.11. The van der Waals surface area contributed by atoms with Crippen molar-refractivity contribution in [2.45, 2.75) is 26.8 Å². The van der Waals surface area contributed by atoms with Crippen molar-refractivity contribution >= 4 is 11.8 Å². The van der Waals surface area contributed by atoms with Crippen LogP contribution < -0.4 is 11.1 Å². The molecule has 1 aromatic carbocycles. The first-order chi connectivity index (χ1) is 11.6. The molecule has 6 heteroatoms. The fraction of sp³-hybridized carbons (Fsp3) is 0.278. The highest BCUT2D eigenvalue weighted by atomic mass is 15.1. The molecule has 3 aromatic rings. The summed E-state index contributed by atoms with van der Waals surface area (Å²) in [5, 5.41) is 3.33. The largest absolute Gasteiger partial charge is 0.370 e. The number of hydrogen-bond donors (Lipinski definition) is 2. The molecule has 0 bridgehead atoms. The molecule has 124 valence electrons. The van der Waals surface area contributed by atoms with Crippen molar-refractivity contribution in [3.05, 3.63) is 54.1 Å². The Kier molecular flexibility index (Phi) is 4.74. The number of rotatable bonds is 6. The fourth-order valence-corrected chi connectivity index (χ4v) is 2.62. The Morgan fingerprint density at radius 1 is 1.21 bits per heavy atom. The van der Waals surface area contributed by atoms with Gasteiger partial charge >= 0.3 is 0 Å². The molecule has 0 aliphatic carbocycles. The van der Waals surface area contributed by atoms with Gasteiger partial charge in [0.2, 0.25) is 5.95 Å². The summed E-state index contributed by atoms with van der Waals surface area (Å²) >= 11 is 0. The fourth-order valence-electron chi connectivity index (χ4n) is 2.62. The van der Waals surface area contributed by atoms with E-state index in [9.17, 15) is 0 Å². The monoisotopic (exact) mass is 322 g/mol. The summed E-state index contributed by atoms with van der Waals surface area (Å²) in [5.41, 5.74) is 10.3. The number of nitrogens with two attached hydrogens (primary N) is 1. The summed E-state index contributed by atoms with van der Waals surface area (Å²) < 4.78 is 2.05. The lowest BCUT2D eigenvalue weighted by Crippen LogP contribution is -2.09. The zero-order valence-electron chi connectivity index (χ0n) is 14.0. The van der Waals surface area contributed by atoms with Crippen LogP contribution in [0.1, 0.15) is 17.5 Å². The van der Waals surface area contributed by atoms with Crippen LogP contribution >= 0.6 is 0 Å². The van der Waals surface area contributed by atoms with Crippen LogP contribution in [0.2, 0.25) is 0 Å². The molecule has 3 N–H and O–H groups in total. The lowest BCUT2D eigenvalue weighted by molar-refractivity contribution is 0.660. The van der Waals surface area contributed by atoms with Gasteiger partial charge in [-0.2, -0.15) is 4.98 Å². The number of nitrogens with one attached hydrogen (secondary N) is 1. The maximum Gasteiger partial charge on any atom is 0.222 e. The summed E-state index contributed by atoms with van der Waals surface area (Å²) in [7, 11) is 0. The van der Waals surface area contributed by atoms with Gasteiger partial charge in [0, 0.05) is 37.1 Å². The maximum atomic E-state index is 5.89. The molecule has 0 saturated carbocycles. The summed E-state index contributed by atoms with van der Waals surface area (Å²) in [6.45, 7) is 5.91. The van der Waals surface area contributed by atoms with E-state index in [0.29, 0.717) is 0 Å². The third-order valence-electron chi connectivity index (χ3n) is 4.08. The van der Waals surface area contributed by atoms with Crippen molar-refractivity contribution in [3.8, 4) is 11.3 Å². The number of hydrogen-bond acceptors (Lipinski definition) is 5. The van der Waals surface area contributed by atoms with Crippen LogP contribution in [0.5, 0.6) is 0 Å². The normalized spacial score (nSPS) is 10.8. The van der Waals surface area contributed by atoms with E-state index < -0.39 is 0 Å². The van der Waals surface area contributed by atoms with Crippen molar-refractivity contribution in [1.82, 2.24) is 19.5 Å². The van der Waals surface area contributed by atoms with Gasteiger partial charge in [0.05, 0.1) is 12.0 Å². The van der Waals surface area contributed by atoms with E-state index in [4.69, 9.17) is 5.73 Å². The average Bonchev–Trinajstić information content (AvgIpc) is 3.07. The molecule has 0 unspecified atom stereocenters. The van der Waals surface area contributed by atoms with Crippen LogP contribution in [0.4, 0.5) is 11.8 Å². The lowest BCUT2D eigenvalue weighted by atomic mass is 10.0. The van der Waals surface area contributed by atoms with Crippen LogP contribution in [-0.4, -0.2) is 26.1 Å². The second-order valence-corrected chi connectivity index (χ2v) is 5.82. The minimum absolute atomic E-state index is 0.283. The van der Waals surface area contributed by atoms with Crippen LogP contribution in [0.3, 0.4) is 0 Å². The summed E-state index contributed by atoms with van der Waals surface area (Å²) in [6, 6.07) is 8.15. The Hall–Kier alpha value is -2.89. The minimum Gasteiger partial charge on any atom is -0.370 e. The van der Waals surface area contributed by atoms with Gasteiger partial charge in [-0.15, -0.1) is 0 Å². The maximum absolute atomic E-state index is 5.89. The highest BCUT2D eigenvalue weighted by molar-refractivity contribution is 5.68. The van der Waals surface area contributed by atoms with Crippen molar-refractivity contribution < 1.29 is 0 Å². The molecule has 0 spiro atoms. The first-order valence-electron chi connectivity index (χ1n) is 8.04. The second-order valence-electron chi connectivity index (χ2n) is 5.82. The Morgan fingerprint density at radius 2 is 2.08 bits per heavy atom. The SMILES string of the molecule is Cc1cccc(-c2cc(NCCCn3ccnc3)nc(N)n2)c1C. The standard InChI is InChI=1S/C18H22N6/c1-13-5-3-6-15(14(13)2)16-11-17(23-18(19)22-16)21-7-4-9-24-10-8-20-12-24/h3,5-6,8,10-12H,4,7,9H2,1-2H3,(H3,19,21,22,23). The van der Waals surface area contributed by atoms with Crippen molar-refractivity contribution in [1.29, 1.82) is 0 Å². The Bertz CT molecular complexity index is 810. The average molecular weight is 322 g/mol. The summed E-state index contributed by atoms with van der Waals surface area (Å²) in [6.07, 6.45) is 6.54. The molecule has 0 aliphatic heterocycles. The van der Waals surface area contributed by atoms with E-state index in [2.05, 4.69) is 50.8 Å². The van der Waals surface area contributed by atoms with Gasteiger partial charge in [-0.1, -0.05) is 18.2 Å². The summed E-state index contributed by atoms with van der Waals surface area (Å²) in [4.78, 5) is 12.7. The van der Waals surface area contributed by atoms with Gasteiger partial charge < -0.3 is 15.6 Å². The van der Waals surface area contributed by atoms with Crippen LogP contribution in [0.25, 0.3) is 11.3 Å². The van der Waals surface area contributed by atoms with E-state index >= 15 is 0 Å². The minimum atomic E-state index is 0.283. The van der Waals surface area contributed by atoms with Gasteiger partial charge in [0.15, 0.2) is 0 Å². The van der Waals surface area contributed by atoms with E-state index in [0.717, 1.165) is 36.6 Å². The molecule has 0 aliphatic rings. The quantitative estimate of drug-likeness (QED) is 0.682. The molecule has 6 nitrogen and oxygen atoms in total. The van der Waals surface area contributed by atoms with E-state index in [1.807, 2.05) is 24.7 Å². The van der Waals surface area contributed by atoms with Gasteiger partial charge in [-0.05, 0) is 31.4 Å². The molecule has 2 aromatic heterocycles. The van der Waals surface area contributed by atoms with E-state index in [1.54, 1.807) is 6.20 Å². The molecule has 0 fully saturated rings. The number of anilines is 2. The third kappa shape index (κ3) is 3.71. The zero-order chi connectivity index (χ0) is 16.9. The summed E-state index contributed by atoms with van der Waals surface area (Å²) in [5.74, 6) is 1.04. The van der Waals surface area contributed by atoms with Gasteiger partial charge in [-0.3, -0.25) is 0 Å². The van der Waals surface area contributed by atoms with Crippen molar-refractivity contribution in [2.24, 2.45) is 0 Å². The number of benzene rings is 1. The molecular weight excluding hydrogens is 300 g/mol. The number of nitrogen functional groups attached to an aromatic ring is 1. The highest BCUT2D eigenvalue weighted by Crippen LogP contribution is 2.25. The first kappa shape index (κ1) is 16.0. The molecule has 0 radical (unpaired) electrons. The molecule has 0 saturated heterocycles. The Balaban J connectivity index is 1.70. The Morgan fingerprint density at radius 3 is 2.88 bits per heavy atom. The van der Waals surface area contributed by atoms with Crippen LogP contribution in [-0.2, 0) is 6.54 Å². The number of aromatic nitrogens is 4. The van der Waals surface area contributed by atoms with Gasteiger partial charge in [0.1, 0.15) is 5.82 Å². The molecule has 24 heavy (non-hydrogen) atoms. The van der Waals surface area contributed by atoms with E-state index in [-0.39, 0.29) is 5.95 Å². The molecule has 0 amide bonds. The number of imidazole rings is 1. The molecular formula is C18H22N6. The van der Waals surface area contributed by atoms with Crippen LogP contribution in [0.15, 0.2) is 43.0 Å². The van der Waals surface area contributed by atoms with Crippen molar-refractivity contribution in [3.63, 3.8) is 0 Å². The van der Waals surface area contributed by atoms with Gasteiger partial charge in [-0.25, -0.2) is 9.97 Å². The first-order valence-corrected chi connectivity index (χ1v) is 8.04. The second kappa shape index (κ2) is 7.12. The van der Waals surface area contributed by atoms with Crippen LogP contribution in [0, 0.1) is 13.8 Å². The number of nitrogens with zero attached hydrogens (tertiary/aromatic N) is 4. The topological polar surface area (TPSA) is 81.7 Å². The molecule has 2 heterocycles. The molecule has 3 rings (SSSR count). The Labute approximate surface area is 141 Å². The smallest absolute Gasteiger partial charge is 0.222 e. The third-order valence-corrected chi connectivity index (χ3v) is 4.08. The number of aryl methyl sites for hydroxylation is 2.